The van der Waals surface area contributed by atoms with E-state index in [9.17, 15) is 4.79 Å². The first kappa shape index (κ1) is 16.1. The van der Waals surface area contributed by atoms with Gasteiger partial charge >= 0.3 is 5.97 Å². The highest BCUT2D eigenvalue weighted by atomic mass is 16.9. The first-order valence-electron chi connectivity index (χ1n) is 5.85. The standard InChI is InChI=1S/C12H22O5/c1-5-11(13)14-10-9-12(15-6-2,16-7-3)17-8-4/h5H,1,6-10H2,2-4H3. The summed E-state index contributed by atoms with van der Waals surface area (Å²) in [6.45, 7) is 10.4. The summed E-state index contributed by atoms with van der Waals surface area (Å²) in [5, 5.41) is 0. The molecule has 0 saturated carbocycles. The van der Waals surface area contributed by atoms with Gasteiger partial charge in [-0.15, -0.1) is 0 Å². The van der Waals surface area contributed by atoms with Crippen molar-refractivity contribution >= 4 is 5.97 Å². The van der Waals surface area contributed by atoms with E-state index < -0.39 is 11.9 Å². The van der Waals surface area contributed by atoms with Gasteiger partial charge in [-0.1, -0.05) is 6.58 Å². The maximum Gasteiger partial charge on any atom is 0.330 e. The number of carbonyl (C=O) groups excluding carboxylic acids is 1. The van der Waals surface area contributed by atoms with Crippen molar-refractivity contribution in [3.05, 3.63) is 12.7 Å². The third-order valence-corrected chi connectivity index (χ3v) is 1.91. The molecule has 0 aliphatic carbocycles. The van der Waals surface area contributed by atoms with E-state index in [0.29, 0.717) is 26.2 Å². The Morgan fingerprint density at radius 2 is 1.59 bits per heavy atom. The molecule has 17 heavy (non-hydrogen) atoms. The van der Waals surface area contributed by atoms with Crippen molar-refractivity contribution < 1.29 is 23.7 Å². The average Bonchev–Trinajstić information content (AvgIpc) is 2.30. The van der Waals surface area contributed by atoms with E-state index in [2.05, 4.69) is 6.58 Å². The molecule has 0 aromatic carbocycles. The maximum absolute atomic E-state index is 10.9. The molecular formula is C12H22O5. The lowest BCUT2D eigenvalue weighted by molar-refractivity contribution is -0.381. The van der Waals surface area contributed by atoms with Crippen molar-refractivity contribution in [3.8, 4) is 0 Å². The van der Waals surface area contributed by atoms with E-state index in [4.69, 9.17) is 18.9 Å². The Balaban J connectivity index is 4.32. The van der Waals surface area contributed by atoms with E-state index in [0.717, 1.165) is 6.08 Å². The summed E-state index contributed by atoms with van der Waals surface area (Å²) in [7, 11) is 0. The van der Waals surface area contributed by atoms with Gasteiger partial charge in [0.15, 0.2) is 0 Å². The minimum atomic E-state index is -1.13. The van der Waals surface area contributed by atoms with Crippen molar-refractivity contribution in [1.29, 1.82) is 0 Å². The Labute approximate surface area is 103 Å². The van der Waals surface area contributed by atoms with Crippen LogP contribution in [0.1, 0.15) is 27.2 Å². The summed E-state index contributed by atoms with van der Waals surface area (Å²) in [5.41, 5.74) is 0. The molecule has 0 spiro atoms. The fourth-order valence-electron chi connectivity index (χ4n) is 1.34. The summed E-state index contributed by atoms with van der Waals surface area (Å²) < 4.78 is 21.3. The predicted molar refractivity (Wildman–Crippen MR) is 63.4 cm³/mol. The second kappa shape index (κ2) is 9.15. The molecule has 0 aromatic heterocycles. The zero-order valence-electron chi connectivity index (χ0n) is 10.9. The van der Waals surface area contributed by atoms with Crippen molar-refractivity contribution in [1.82, 2.24) is 0 Å². The number of ether oxygens (including phenoxy) is 4. The molecule has 5 heteroatoms. The van der Waals surface area contributed by atoms with Crippen LogP contribution in [0.2, 0.25) is 0 Å². The monoisotopic (exact) mass is 246 g/mol. The fourth-order valence-corrected chi connectivity index (χ4v) is 1.34. The van der Waals surface area contributed by atoms with Gasteiger partial charge in [-0.05, 0) is 20.8 Å². The summed E-state index contributed by atoms with van der Waals surface area (Å²) in [6.07, 6.45) is 1.44. The molecule has 0 amide bonds. The van der Waals surface area contributed by atoms with Gasteiger partial charge in [-0.2, -0.15) is 0 Å². The molecule has 0 bridgehead atoms. The van der Waals surface area contributed by atoms with Gasteiger partial charge < -0.3 is 18.9 Å². The van der Waals surface area contributed by atoms with Gasteiger partial charge in [-0.3, -0.25) is 0 Å². The molecule has 0 N–H and O–H groups in total. The van der Waals surface area contributed by atoms with Crippen LogP contribution >= 0.6 is 0 Å². The summed E-state index contributed by atoms with van der Waals surface area (Å²) in [5.74, 6) is -1.59. The van der Waals surface area contributed by atoms with E-state index in [1.165, 1.54) is 0 Å². The molecule has 0 aliphatic rings. The number of rotatable bonds is 10. The first-order valence-corrected chi connectivity index (χ1v) is 5.85. The molecular weight excluding hydrogens is 224 g/mol. The average molecular weight is 246 g/mol. The van der Waals surface area contributed by atoms with Crippen LogP contribution in [0.3, 0.4) is 0 Å². The Hall–Kier alpha value is -0.910. The van der Waals surface area contributed by atoms with Gasteiger partial charge in [-0.25, -0.2) is 4.79 Å². The quantitative estimate of drug-likeness (QED) is 0.334. The minimum absolute atomic E-state index is 0.158. The fraction of sp³-hybridized carbons (Fsp3) is 0.750. The lowest BCUT2D eigenvalue weighted by Gasteiger charge is -2.32. The normalized spacial score (nSPS) is 11.2. The van der Waals surface area contributed by atoms with Crippen LogP contribution in [-0.4, -0.2) is 38.4 Å². The topological polar surface area (TPSA) is 54.0 Å². The van der Waals surface area contributed by atoms with Gasteiger partial charge in [0.25, 0.3) is 5.97 Å². The van der Waals surface area contributed by atoms with E-state index >= 15 is 0 Å². The first-order chi connectivity index (χ1) is 8.14. The number of hydrogen-bond acceptors (Lipinski definition) is 5. The molecule has 0 atom stereocenters. The van der Waals surface area contributed by atoms with Crippen molar-refractivity contribution in [2.45, 2.75) is 33.2 Å². The molecule has 0 fully saturated rings. The largest absolute Gasteiger partial charge is 0.462 e. The highest BCUT2D eigenvalue weighted by Crippen LogP contribution is 2.20. The Morgan fingerprint density at radius 3 is 1.94 bits per heavy atom. The van der Waals surface area contributed by atoms with Crippen LogP contribution < -0.4 is 0 Å². The van der Waals surface area contributed by atoms with Gasteiger partial charge in [0.2, 0.25) is 0 Å². The van der Waals surface area contributed by atoms with E-state index in [1.54, 1.807) is 0 Å². The molecule has 0 radical (unpaired) electrons. The Bertz CT molecular complexity index is 210. The number of esters is 1. The highest BCUT2D eigenvalue weighted by molar-refractivity contribution is 5.81. The highest BCUT2D eigenvalue weighted by Gasteiger charge is 2.32. The van der Waals surface area contributed by atoms with Crippen LogP contribution in [0.5, 0.6) is 0 Å². The van der Waals surface area contributed by atoms with Crippen molar-refractivity contribution in [2.24, 2.45) is 0 Å². The summed E-state index contributed by atoms with van der Waals surface area (Å²) >= 11 is 0. The number of carbonyl (C=O) groups is 1. The molecule has 0 rings (SSSR count). The van der Waals surface area contributed by atoms with Gasteiger partial charge in [0, 0.05) is 25.9 Å². The van der Waals surface area contributed by atoms with Crippen LogP contribution in [0.4, 0.5) is 0 Å². The molecule has 0 heterocycles. The molecule has 5 nitrogen and oxygen atoms in total. The predicted octanol–water partition coefficient (Wildman–Crippen LogP) is 1.87. The van der Waals surface area contributed by atoms with Crippen LogP contribution in [0, 0.1) is 0 Å². The van der Waals surface area contributed by atoms with Crippen LogP contribution in [0.15, 0.2) is 12.7 Å². The smallest absolute Gasteiger partial charge is 0.330 e. The third kappa shape index (κ3) is 6.41. The molecule has 0 aromatic rings. The summed E-state index contributed by atoms with van der Waals surface area (Å²) in [4.78, 5) is 10.9. The molecule has 0 unspecified atom stereocenters. The SMILES string of the molecule is C=CC(=O)OCCC(OCC)(OCC)OCC. The zero-order chi connectivity index (χ0) is 13.1. The Morgan fingerprint density at radius 1 is 1.12 bits per heavy atom. The van der Waals surface area contributed by atoms with Gasteiger partial charge in [0.1, 0.15) is 0 Å². The minimum Gasteiger partial charge on any atom is -0.462 e. The lowest BCUT2D eigenvalue weighted by atomic mass is 10.3. The zero-order valence-corrected chi connectivity index (χ0v) is 10.9. The molecule has 100 valence electrons. The summed E-state index contributed by atoms with van der Waals surface area (Å²) in [6, 6.07) is 0. The van der Waals surface area contributed by atoms with Gasteiger partial charge in [0.05, 0.1) is 13.0 Å². The molecule has 0 aliphatic heterocycles. The Kier molecular flexibility index (Phi) is 8.66. The van der Waals surface area contributed by atoms with Crippen LogP contribution in [0.25, 0.3) is 0 Å². The third-order valence-electron chi connectivity index (χ3n) is 1.91. The second-order valence-electron chi connectivity index (χ2n) is 3.10. The van der Waals surface area contributed by atoms with Crippen molar-refractivity contribution in [3.63, 3.8) is 0 Å². The van der Waals surface area contributed by atoms with E-state index in [1.807, 2.05) is 20.8 Å². The lowest BCUT2D eigenvalue weighted by Crippen LogP contribution is -2.40. The second-order valence-corrected chi connectivity index (χ2v) is 3.10. The molecule has 0 saturated heterocycles. The maximum atomic E-state index is 10.9. The van der Waals surface area contributed by atoms with Crippen molar-refractivity contribution in [2.75, 3.05) is 26.4 Å². The van der Waals surface area contributed by atoms with E-state index in [-0.39, 0.29) is 6.61 Å². The number of hydrogen-bond donors (Lipinski definition) is 0. The van der Waals surface area contributed by atoms with Crippen LogP contribution in [-0.2, 0) is 23.7 Å².